The second-order valence-corrected chi connectivity index (χ2v) is 4.76. The standard InChI is InChI=1S/C13H14N2O2/c1-8-6-9(8)13-14-10-4-2-3-5-11(10)15(13)7-12(16)17/h2-5,8-9H,6-7H2,1H3,(H,16,17). The van der Waals surface area contributed by atoms with Crippen LogP contribution in [-0.4, -0.2) is 20.6 Å². The van der Waals surface area contributed by atoms with Crippen LogP contribution in [0, 0.1) is 5.92 Å². The van der Waals surface area contributed by atoms with E-state index >= 15 is 0 Å². The van der Waals surface area contributed by atoms with E-state index in [0.29, 0.717) is 11.8 Å². The van der Waals surface area contributed by atoms with Gasteiger partial charge in [-0.15, -0.1) is 0 Å². The minimum Gasteiger partial charge on any atom is -0.480 e. The zero-order chi connectivity index (χ0) is 12.0. The third-order valence-electron chi connectivity index (χ3n) is 3.42. The smallest absolute Gasteiger partial charge is 0.323 e. The maximum absolute atomic E-state index is 10.9. The van der Waals surface area contributed by atoms with Crippen molar-refractivity contribution in [3.05, 3.63) is 30.1 Å². The minimum absolute atomic E-state index is 0.000926. The molecule has 1 aromatic carbocycles. The molecule has 17 heavy (non-hydrogen) atoms. The number of fused-ring (bicyclic) bond motifs is 1. The van der Waals surface area contributed by atoms with Crippen LogP contribution in [0.5, 0.6) is 0 Å². The second-order valence-electron chi connectivity index (χ2n) is 4.76. The van der Waals surface area contributed by atoms with Crippen molar-refractivity contribution in [2.75, 3.05) is 0 Å². The molecule has 4 nitrogen and oxygen atoms in total. The Labute approximate surface area is 98.9 Å². The number of imidazole rings is 1. The zero-order valence-electron chi connectivity index (χ0n) is 9.63. The number of hydrogen-bond donors (Lipinski definition) is 1. The lowest BCUT2D eigenvalue weighted by atomic mass is 10.3. The highest BCUT2D eigenvalue weighted by molar-refractivity contribution is 5.78. The van der Waals surface area contributed by atoms with Gasteiger partial charge >= 0.3 is 5.97 Å². The summed E-state index contributed by atoms with van der Waals surface area (Å²) in [4.78, 5) is 15.5. The van der Waals surface area contributed by atoms with Gasteiger partial charge in [-0.3, -0.25) is 4.79 Å². The van der Waals surface area contributed by atoms with Gasteiger partial charge in [-0.1, -0.05) is 19.1 Å². The highest BCUT2D eigenvalue weighted by Gasteiger charge is 2.38. The Bertz CT molecular complexity index is 588. The van der Waals surface area contributed by atoms with Crippen LogP contribution in [0.2, 0.25) is 0 Å². The van der Waals surface area contributed by atoms with E-state index in [4.69, 9.17) is 5.11 Å². The van der Waals surface area contributed by atoms with E-state index in [1.165, 1.54) is 0 Å². The highest BCUT2D eigenvalue weighted by atomic mass is 16.4. The fourth-order valence-electron chi connectivity index (χ4n) is 2.36. The van der Waals surface area contributed by atoms with E-state index < -0.39 is 5.97 Å². The number of carboxylic acid groups (broad SMARTS) is 1. The summed E-state index contributed by atoms with van der Waals surface area (Å²) < 4.78 is 1.84. The topological polar surface area (TPSA) is 55.1 Å². The Morgan fingerprint density at radius 3 is 2.88 bits per heavy atom. The Morgan fingerprint density at radius 1 is 1.53 bits per heavy atom. The summed E-state index contributed by atoms with van der Waals surface area (Å²) in [6.45, 7) is 2.17. The predicted molar refractivity (Wildman–Crippen MR) is 63.9 cm³/mol. The van der Waals surface area contributed by atoms with Crippen LogP contribution in [0.15, 0.2) is 24.3 Å². The molecule has 3 rings (SSSR count). The molecular formula is C13H14N2O2. The number of carbonyl (C=O) groups is 1. The molecule has 0 amide bonds. The SMILES string of the molecule is CC1CC1c1nc2ccccc2n1CC(=O)O. The number of aromatic nitrogens is 2. The first-order valence-electron chi connectivity index (χ1n) is 5.84. The Hall–Kier alpha value is -1.84. The molecule has 1 N–H and O–H groups in total. The number of benzene rings is 1. The molecule has 1 fully saturated rings. The summed E-state index contributed by atoms with van der Waals surface area (Å²) in [5.41, 5.74) is 1.81. The minimum atomic E-state index is -0.817. The molecule has 2 unspecified atom stereocenters. The normalized spacial score (nSPS) is 22.9. The molecule has 1 aliphatic carbocycles. The van der Waals surface area contributed by atoms with Crippen LogP contribution < -0.4 is 0 Å². The number of hydrogen-bond acceptors (Lipinski definition) is 2. The van der Waals surface area contributed by atoms with Gasteiger partial charge in [0, 0.05) is 5.92 Å². The number of aliphatic carboxylic acids is 1. The quantitative estimate of drug-likeness (QED) is 0.879. The van der Waals surface area contributed by atoms with Crippen molar-refractivity contribution in [3.8, 4) is 0 Å². The largest absolute Gasteiger partial charge is 0.480 e. The van der Waals surface area contributed by atoms with Crippen LogP contribution in [0.3, 0.4) is 0 Å². The van der Waals surface area contributed by atoms with E-state index in [0.717, 1.165) is 23.3 Å². The number of carboxylic acids is 1. The third kappa shape index (κ3) is 1.69. The molecule has 1 heterocycles. The fourth-order valence-corrected chi connectivity index (χ4v) is 2.36. The Balaban J connectivity index is 2.15. The van der Waals surface area contributed by atoms with Gasteiger partial charge in [0.05, 0.1) is 11.0 Å². The first-order valence-corrected chi connectivity index (χ1v) is 5.84. The molecule has 0 radical (unpaired) electrons. The summed E-state index contributed by atoms with van der Waals surface area (Å²) in [6.07, 6.45) is 1.11. The summed E-state index contributed by atoms with van der Waals surface area (Å²) in [5, 5.41) is 8.99. The first-order chi connectivity index (χ1) is 8.16. The molecule has 1 saturated carbocycles. The highest BCUT2D eigenvalue weighted by Crippen LogP contribution is 2.47. The number of para-hydroxylation sites is 2. The molecule has 4 heteroatoms. The van der Waals surface area contributed by atoms with Gasteiger partial charge in [0.2, 0.25) is 0 Å². The van der Waals surface area contributed by atoms with Crippen LogP contribution in [0.25, 0.3) is 11.0 Å². The molecule has 0 aliphatic heterocycles. The van der Waals surface area contributed by atoms with E-state index in [1.807, 2.05) is 28.8 Å². The number of nitrogens with zero attached hydrogens (tertiary/aromatic N) is 2. The van der Waals surface area contributed by atoms with Gasteiger partial charge < -0.3 is 9.67 Å². The summed E-state index contributed by atoms with van der Waals surface area (Å²) in [7, 11) is 0. The van der Waals surface area contributed by atoms with Gasteiger partial charge in [0.15, 0.2) is 0 Å². The van der Waals surface area contributed by atoms with Gasteiger partial charge in [-0.05, 0) is 24.5 Å². The lowest BCUT2D eigenvalue weighted by Crippen LogP contribution is -2.11. The van der Waals surface area contributed by atoms with Crippen molar-refractivity contribution in [1.82, 2.24) is 9.55 Å². The lowest BCUT2D eigenvalue weighted by Gasteiger charge is -2.05. The Morgan fingerprint density at radius 2 is 2.24 bits per heavy atom. The molecule has 1 aromatic heterocycles. The van der Waals surface area contributed by atoms with Crippen LogP contribution >= 0.6 is 0 Å². The van der Waals surface area contributed by atoms with E-state index in [2.05, 4.69) is 11.9 Å². The van der Waals surface area contributed by atoms with Crippen molar-refractivity contribution in [2.24, 2.45) is 5.92 Å². The fraction of sp³-hybridized carbons (Fsp3) is 0.385. The van der Waals surface area contributed by atoms with Crippen molar-refractivity contribution in [1.29, 1.82) is 0 Å². The van der Waals surface area contributed by atoms with Crippen LogP contribution in [0.4, 0.5) is 0 Å². The molecule has 2 atom stereocenters. The second kappa shape index (κ2) is 3.58. The molecular weight excluding hydrogens is 216 g/mol. The summed E-state index contributed by atoms with van der Waals surface area (Å²) in [5.74, 6) is 1.17. The third-order valence-corrected chi connectivity index (χ3v) is 3.42. The maximum Gasteiger partial charge on any atom is 0.323 e. The maximum atomic E-state index is 10.9. The molecule has 2 aromatic rings. The van der Waals surface area contributed by atoms with Gasteiger partial charge in [0.25, 0.3) is 0 Å². The van der Waals surface area contributed by atoms with Gasteiger partial charge in [-0.2, -0.15) is 0 Å². The van der Waals surface area contributed by atoms with Gasteiger partial charge in [-0.25, -0.2) is 4.98 Å². The van der Waals surface area contributed by atoms with Crippen molar-refractivity contribution < 1.29 is 9.90 Å². The Kier molecular flexibility index (Phi) is 2.18. The molecule has 0 spiro atoms. The summed E-state index contributed by atoms with van der Waals surface area (Å²) >= 11 is 0. The first kappa shape index (κ1) is 10.3. The molecule has 0 bridgehead atoms. The average molecular weight is 230 g/mol. The van der Waals surface area contributed by atoms with Crippen molar-refractivity contribution in [2.45, 2.75) is 25.8 Å². The van der Waals surface area contributed by atoms with E-state index in [-0.39, 0.29) is 6.54 Å². The molecule has 88 valence electrons. The van der Waals surface area contributed by atoms with Crippen molar-refractivity contribution >= 4 is 17.0 Å². The van der Waals surface area contributed by atoms with Crippen LogP contribution in [-0.2, 0) is 11.3 Å². The van der Waals surface area contributed by atoms with E-state index in [1.54, 1.807) is 0 Å². The van der Waals surface area contributed by atoms with E-state index in [9.17, 15) is 4.79 Å². The monoisotopic (exact) mass is 230 g/mol. The lowest BCUT2D eigenvalue weighted by molar-refractivity contribution is -0.137. The predicted octanol–water partition coefficient (Wildman–Crippen LogP) is 2.24. The number of rotatable bonds is 3. The molecule has 1 aliphatic rings. The van der Waals surface area contributed by atoms with Gasteiger partial charge in [0.1, 0.15) is 12.4 Å². The zero-order valence-corrected chi connectivity index (χ0v) is 9.63. The molecule has 0 saturated heterocycles. The van der Waals surface area contributed by atoms with Crippen molar-refractivity contribution in [3.63, 3.8) is 0 Å². The summed E-state index contributed by atoms with van der Waals surface area (Å²) in [6, 6.07) is 7.72. The average Bonchev–Trinajstić information content (AvgIpc) is 2.90. The van der Waals surface area contributed by atoms with Crippen LogP contribution in [0.1, 0.15) is 25.1 Å².